The van der Waals surface area contributed by atoms with Gasteiger partial charge in [0.05, 0.1) is 5.52 Å². The number of alkyl halides is 1. The van der Waals surface area contributed by atoms with Gasteiger partial charge >= 0.3 is 0 Å². The maximum Gasteiger partial charge on any atom is 0.0736 e. The molecule has 1 aliphatic rings. The average molecular weight is 246 g/mol. The number of nitrogens with zero attached hydrogens (tertiary/aromatic N) is 1. The van der Waals surface area contributed by atoms with Crippen molar-refractivity contribution in [2.45, 2.75) is 31.1 Å². The van der Waals surface area contributed by atoms with Crippen LogP contribution in [-0.4, -0.2) is 10.4 Å². The van der Waals surface area contributed by atoms with Gasteiger partial charge in [0.1, 0.15) is 0 Å². The highest BCUT2D eigenvalue weighted by Crippen LogP contribution is 2.43. The molecule has 1 heterocycles. The molecule has 88 valence electrons. The molecule has 0 bridgehead atoms. The summed E-state index contributed by atoms with van der Waals surface area (Å²) >= 11 is 6.34. The third kappa shape index (κ3) is 1.83. The quantitative estimate of drug-likeness (QED) is 0.681. The minimum atomic E-state index is 0.318. The van der Waals surface area contributed by atoms with Crippen LogP contribution in [0.15, 0.2) is 36.5 Å². The lowest BCUT2D eigenvalue weighted by Crippen LogP contribution is -2.10. The Morgan fingerprint density at radius 3 is 2.76 bits per heavy atom. The Hall–Kier alpha value is -1.08. The molecule has 17 heavy (non-hydrogen) atoms. The van der Waals surface area contributed by atoms with E-state index >= 15 is 0 Å². The Labute approximate surface area is 107 Å². The molecule has 1 nitrogen and oxygen atoms in total. The summed E-state index contributed by atoms with van der Waals surface area (Å²) in [5.41, 5.74) is 2.52. The number of pyridine rings is 1. The van der Waals surface area contributed by atoms with E-state index in [4.69, 9.17) is 11.6 Å². The number of fused-ring (bicyclic) bond motifs is 1. The van der Waals surface area contributed by atoms with Crippen LogP contribution in [0.1, 0.15) is 31.2 Å². The van der Waals surface area contributed by atoms with E-state index in [-0.39, 0.29) is 0 Å². The molecule has 1 aromatic heterocycles. The smallest absolute Gasteiger partial charge is 0.0736 e. The maximum atomic E-state index is 6.34. The van der Waals surface area contributed by atoms with Crippen molar-refractivity contribution in [2.75, 3.05) is 0 Å². The molecule has 0 saturated heterocycles. The van der Waals surface area contributed by atoms with Gasteiger partial charge in [0.15, 0.2) is 0 Å². The number of aromatic nitrogens is 1. The summed E-state index contributed by atoms with van der Waals surface area (Å²) in [5.74, 6) is 1.11. The van der Waals surface area contributed by atoms with E-state index in [0.29, 0.717) is 17.2 Å². The Balaban J connectivity index is 2.11. The normalized spacial score (nSPS) is 28.7. The van der Waals surface area contributed by atoms with Gasteiger partial charge in [-0.05, 0) is 36.3 Å². The van der Waals surface area contributed by atoms with Crippen LogP contribution in [0.25, 0.3) is 10.9 Å². The first-order valence-electron chi connectivity index (χ1n) is 6.25. The molecule has 0 N–H and O–H groups in total. The SMILES string of the molecule is CC1C(Cl)CCC1c1cccc2cccnc12. The van der Waals surface area contributed by atoms with Gasteiger partial charge in [-0.1, -0.05) is 31.2 Å². The van der Waals surface area contributed by atoms with E-state index < -0.39 is 0 Å². The molecular formula is C15H16ClN. The molecule has 3 atom stereocenters. The topological polar surface area (TPSA) is 12.9 Å². The van der Waals surface area contributed by atoms with Gasteiger partial charge in [-0.3, -0.25) is 4.98 Å². The predicted octanol–water partition coefficient (Wildman–Crippen LogP) is 4.36. The zero-order valence-electron chi connectivity index (χ0n) is 9.94. The highest BCUT2D eigenvalue weighted by Gasteiger charge is 2.33. The van der Waals surface area contributed by atoms with Crippen LogP contribution >= 0.6 is 11.6 Å². The fraction of sp³-hybridized carbons (Fsp3) is 0.400. The van der Waals surface area contributed by atoms with Crippen molar-refractivity contribution in [2.24, 2.45) is 5.92 Å². The summed E-state index contributed by atoms with van der Waals surface area (Å²) in [7, 11) is 0. The van der Waals surface area contributed by atoms with E-state index in [1.54, 1.807) is 0 Å². The van der Waals surface area contributed by atoms with Crippen LogP contribution in [0, 0.1) is 5.92 Å². The van der Waals surface area contributed by atoms with Crippen LogP contribution < -0.4 is 0 Å². The van der Waals surface area contributed by atoms with Crippen LogP contribution in [0.4, 0.5) is 0 Å². The largest absolute Gasteiger partial charge is 0.256 e. The number of rotatable bonds is 1. The molecule has 1 aromatic carbocycles. The van der Waals surface area contributed by atoms with Crippen LogP contribution in [0.2, 0.25) is 0 Å². The van der Waals surface area contributed by atoms with Crippen LogP contribution in [-0.2, 0) is 0 Å². The summed E-state index contributed by atoms with van der Waals surface area (Å²) in [6.07, 6.45) is 4.19. The second kappa shape index (κ2) is 4.30. The lowest BCUT2D eigenvalue weighted by molar-refractivity contribution is 0.540. The molecule has 1 saturated carbocycles. The maximum absolute atomic E-state index is 6.34. The van der Waals surface area contributed by atoms with Gasteiger partial charge in [0, 0.05) is 17.0 Å². The van der Waals surface area contributed by atoms with Crippen LogP contribution in [0.5, 0.6) is 0 Å². The van der Waals surface area contributed by atoms with E-state index in [2.05, 4.69) is 36.2 Å². The van der Waals surface area contributed by atoms with Gasteiger partial charge in [-0.25, -0.2) is 0 Å². The fourth-order valence-corrected chi connectivity index (χ4v) is 3.28. The van der Waals surface area contributed by atoms with Crippen molar-refractivity contribution in [1.82, 2.24) is 4.98 Å². The number of benzene rings is 1. The van der Waals surface area contributed by atoms with Gasteiger partial charge in [0.25, 0.3) is 0 Å². The number of halogens is 1. The molecule has 0 radical (unpaired) electrons. The van der Waals surface area contributed by atoms with E-state index in [9.17, 15) is 0 Å². The zero-order valence-corrected chi connectivity index (χ0v) is 10.7. The van der Waals surface area contributed by atoms with E-state index in [1.165, 1.54) is 17.4 Å². The Bertz CT molecular complexity index is 532. The third-order valence-electron chi connectivity index (χ3n) is 4.02. The fourth-order valence-electron chi connectivity index (χ4n) is 2.98. The van der Waals surface area contributed by atoms with Gasteiger partial charge < -0.3 is 0 Å². The number of hydrogen-bond acceptors (Lipinski definition) is 1. The van der Waals surface area contributed by atoms with Gasteiger partial charge in [-0.15, -0.1) is 11.6 Å². The average Bonchev–Trinajstić information content (AvgIpc) is 2.69. The monoisotopic (exact) mass is 245 g/mol. The summed E-state index contributed by atoms with van der Waals surface area (Å²) in [4.78, 5) is 4.54. The molecule has 0 aliphatic heterocycles. The van der Waals surface area contributed by atoms with Crippen molar-refractivity contribution in [1.29, 1.82) is 0 Å². The number of hydrogen-bond donors (Lipinski definition) is 0. The minimum Gasteiger partial charge on any atom is -0.256 e. The van der Waals surface area contributed by atoms with Crippen LogP contribution in [0.3, 0.4) is 0 Å². The molecule has 3 rings (SSSR count). The third-order valence-corrected chi connectivity index (χ3v) is 4.64. The summed E-state index contributed by atoms with van der Waals surface area (Å²) < 4.78 is 0. The van der Waals surface area contributed by atoms with Crippen molar-refractivity contribution in [3.8, 4) is 0 Å². The molecule has 0 spiro atoms. The summed E-state index contributed by atoms with van der Waals surface area (Å²) in [6.45, 7) is 2.26. The van der Waals surface area contributed by atoms with Gasteiger partial charge in [-0.2, -0.15) is 0 Å². The minimum absolute atomic E-state index is 0.318. The first kappa shape index (κ1) is 11.0. The molecule has 2 heteroatoms. The first-order chi connectivity index (χ1) is 8.27. The molecule has 2 aromatic rings. The predicted molar refractivity (Wildman–Crippen MR) is 72.5 cm³/mol. The van der Waals surface area contributed by atoms with Crippen molar-refractivity contribution in [3.05, 3.63) is 42.1 Å². The molecule has 1 aliphatic carbocycles. The van der Waals surface area contributed by atoms with Crippen molar-refractivity contribution in [3.63, 3.8) is 0 Å². The highest BCUT2D eigenvalue weighted by atomic mass is 35.5. The second-order valence-electron chi connectivity index (χ2n) is 4.98. The second-order valence-corrected chi connectivity index (χ2v) is 5.54. The standard InChI is InChI=1S/C15H16ClN/c1-10-12(7-8-14(10)16)13-6-2-4-11-5-3-9-17-15(11)13/h2-6,9-10,12,14H,7-8H2,1H3. The van der Waals surface area contributed by atoms with Crippen molar-refractivity contribution >= 4 is 22.5 Å². The lowest BCUT2D eigenvalue weighted by atomic mass is 9.88. The summed E-state index contributed by atoms with van der Waals surface area (Å²) in [5, 5.41) is 1.55. The zero-order chi connectivity index (χ0) is 11.8. The number of para-hydroxylation sites is 1. The van der Waals surface area contributed by atoms with E-state index in [0.717, 1.165) is 11.9 Å². The Morgan fingerprint density at radius 1 is 1.18 bits per heavy atom. The molecule has 0 amide bonds. The van der Waals surface area contributed by atoms with E-state index in [1.807, 2.05) is 12.3 Å². The molecule has 1 fully saturated rings. The Morgan fingerprint density at radius 2 is 2.00 bits per heavy atom. The molecule has 3 unspecified atom stereocenters. The molecular weight excluding hydrogens is 230 g/mol. The van der Waals surface area contributed by atoms with Crippen molar-refractivity contribution < 1.29 is 0 Å². The Kier molecular flexibility index (Phi) is 2.79. The first-order valence-corrected chi connectivity index (χ1v) is 6.69. The lowest BCUT2D eigenvalue weighted by Gasteiger charge is -2.18. The van der Waals surface area contributed by atoms with Gasteiger partial charge in [0.2, 0.25) is 0 Å². The highest BCUT2D eigenvalue weighted by molar-refractivity contribution is 6.21. The summed E-state index contributed by atoms with van der Waals surface area (Å²) in [6, 6.07) is 10.6.